The molecule has 2 aromatic carbocycles. The SMILES string of the molecule is CC1(C)[C@@H]2C[C@H]1c1cnc(-c3ccccn3)cc1[C@H]2Cc1ccc(C[C@@H]2c3cc(-c4ccccn4)ncc3[C@@H]3C[C@H]2C3(C)C)c2ccccc12. The first-order chi connectivity index (χ1) is 24.3. The molecule has 4 heteroatoms. The van der Waals surface area contributed by atoms with Crippen LogP contribution in [0.2, 0.25) is 0 Å². The monoisotopic (exact) mass is 652 g/mol. The molecule has 4 bridgehead atoms. The molecule has 6 aliphatic rings. The van der Waals surface area contributed by atoms with E-state index in [0.29, 0.717) is 35.5 Å². The summed E-state index contributed by atoms with van der Waals surface area (Å²) in [6, 6.07) is 31.1. The molecule has 0 saturated heterocycles. The van der Waals surface area contributed by atoms with Crippen LogP contribution in [0.5, 0.6) is 0 Å². The molecule has 4 heterocycles. The first kappa shape index (κ1) is 30.2. The molecule has 2 fully saturated rings. The predicted octanol–water partition coefficient (Wildman–Crippen LogP) is 10.7. The van der Waals surface area contributed by atoms with Crippen molar-refractivity contribution in [1.29, 1.82) is 0 Å². The molecule has 0 spiro atoms. The Morgan fingerprint density at radius 2 is 0.940 bits per heavy atom. The van der Waals surface area contributed by atoms with E-state index in [2.05, 4.69) is 123 Å². The molecule has 4 aromatic heterocycles. The molecule has 0 radical (unpaired) electrons. The van der Waals surface area contributed by atoms with Gasteiger partial charge in [-0.25, -0.2) is 0 Å². The molecule has 6 aromatic rings. The second kappa shape index (κ2) is 10.9. The number of rotatable bonds is 6. The van der Waals surface area contributed by atoms with E-state index < -0.39 is 0 Å². The summed E-state index contributed by atoms with van der Waals surface area (Å²) in [5, 5.41) is 2.82. The molecule has 0 amide bonds. The van der Waals surface area contributed by atoms with Crippen LogP contribution in [-0.4, -0.2) is 19.9 Å². The van der Waals surface area contributed by atoms with Crippen LogP contribution in [0.3, 0.4) is 0 Å². The molecule has 2 saturated carbocycles. The van der Waals surface area contributed by atoms with Gasteiger partial charge in [-0.05, 0) is 153 Å². The summed E-state index contributed by atoms with van der Waals surface area (Å²) in [7, 11) is 0. The maximum absolute atomic E-state index is 4.95. The number of benzene rings is 2. The molecule has 6 aliphatic carbocycles. The van der Waals surface area contributed by atoms with Crippen LogP contribution in [0.1, 0.15) is 97.6 Å². The van der Waals surface area contributed by atoms with Crippen LogP contribution >= 0.6 is 0 Å². The van der Waals surface area contributed by atoms with Gasteiger partial charge in [0.05, 0.1) is 22.8 Å². The number of pyridine rings is 4. The van der Waals surface area contributed by atoms with Crippen molar-refractivity contribution in [2.45, 2.75) is 77.0 Å². The van der Waals surface area contributed by atoms with Crippen LogP contribution < -0.4 is 0 Å². The largest absolute Gasteiger partial charge is 0.255 e. The van der Waals surface area contributed by atoms with Crippen molar-refractivity contribution < 1.29 is 0 Å². The average Bonchev–Trinajstić information content (AvgIpc) is 3.15. The molecule has 0 aliphatic heterocycles. The molecular weight excluding hydrogens is 609 g/mol. The van der Waals surface area contributed by atoms with Crippen molar-refractivity contribution in [3.63, 3.8) is 0 Å². The zero-order valence-electron chi connectivity index (χ0n) is 29.5. The van der Waals surface area contributed by atoms with E-state index in [9.17, 15) is 0 Å². The van der Waals surface area contributed by atoms with E-state index >= 15 is 0 Å². The Morgan fingerprint density at radius 3 is 1.34 bits per heavy atom. The lowest BCUT2D eigenvalue weighted by molar-refractivity contribution is -0.00592. The minimum Gasteiger partial charge on any atom is -0.255 e. The Balaban J connectivity index is 1.03. The smallest absolute Gasteiger partial charge is 0.0889 e. The van der Waals surface area contributed by atoms with E-state index in [1.165, 1.54) is 57.0 Å². The number of nitrogens with zero attached hydrogens (tertiary/aromatic N) is 4. The van der Waals surface area contributed by atoms with Gasteiger partial charge >= 0.3 is 0 Å². The van der Waals surface area contributed by atoms with Gasteiger partial charge in [-0.3, -0.25) is 19.9 Å². The maximum Gasteiger partial charge on any atom is 0.0889 e. The van der Waals surface area contributed by atoms with E-state index in [1.54, 1.807) is 0 Å². The summed E-state index contributed by atoms with van der Waals surface area (Å²) in [6.45, 7) is 9.94. The Bertz CT molecular complexity index is 2110. The van der Waals surface area contributed by atoms with Gasteiger partial charge in [0, 0.05) is 24.8 Å². The lowest BCUT2D eigenvalue weighted by Crippen LogP contribution is -2.51. The van der Waals surface area contributed by atoms with Crippen molar-refractivity contribution in [2.24, 2.45) is 22.7 Å². The fraction of sp³-hybridized carbons (Fsp3) is 0.348. The number of hydrogen-bond donors (Lipinski definition) is 0. The zero-order chi connectivity index (χ0) is 33.8. The summed E-state index contributed by atoms with van der Waals surface area (Å²) in [4.78, 5) is 19.2. The Hall–Kier alpha value is -4.70. The highest BCUT2D eigenvalue weighted by Crippen LogP contribution is 2.68. The number of aromatic nitrogens is 4. The van der Waals surface area contributed by atoms with Gasteiger partial charge in [-0.15, -0.1) is 0 Å². The minimum atomic E-state index is 0.284. The van der Waals surface area contributed by atoms with Gasteiger partial charge in [-0.1, -0.05) is 76.2 Å². The topological polar surface area (TPSA) is 51.6 Å². The highest BCUT2D eigenvalue weighted by atomic mass is 14.8. The lowest BCUT2D eigenvalue weighted by atomic mass is 9.43. The summed E-state index contributed by atoms with van der Waals surface area (Å²) in [5.41, 5.74) is 13.3. The summed E-state index contributed by atoms with van der Waals surface area (Å²) in [6.07, 6.45) is 12.7. The van der Waals surface area contributed by atoms with Gasteiger partial charge in [0.25, 0.3) is 0 Å². The van der Waals surface area contributed by atoms with Gasteiger partial charge in [0.2, 0.25) is 0 Å². The zero-order valence-corrected chi connectivity index (χ0v) is 29.5. The quantitative estimate of drug-likeness (QED) is 0.180. The van der Waals surface area contributed by atoms with Crippen molar-refractivity contribution >= 4 is 10.8 Å². The molecule has 6 atom stereocenters. The van der Waals surface area contributed by atoms with E-state index in [4.69, 9.17) is 9.97 Å². The number of fused-ring (bicyclic) bond motifs is 1. The fourth-order valence-corrected chi connectivity index (χ4v) is 11.0. The molecule has 248 valence electrons. The van der Waals surface area contributed by atoms with Crippen LogP contribution in [0.4, 0.5) is 0 Å². The average molecular weight is 653 g/mol. The molecule has 12 rings (SSSR count). The summed E-state index contributed by atoms with van der Waals surface area (Å²) < 4.78 is 0. The van der Waals surface area contributed by atoms with Crippen LogP contribution in [0, 0.1) is 22.7 Å². The van der Waals surface area contributed by atoms with Gasteiger partial charge < -0.3 is 0 Å². The maximum atomic E-state index is 4.95. The first-order valence-corrected chi connectivity index (χ1v) is 18.6. The fourth-order valence-electron chi connectivity index (χ4n) is 11.0. The summed E-state index contributed by atoms with van der Waals surface area (Å²) >= 11 is 0. The van der Waals surface area contributed by atoms with Crippen molar-refractivity contribution in [1.82, 2.24) is 19.9 Å². The standard InChI is InChI=1S/C46H44N4/c1-45(2)37-23-39(45)35-25-49-43(41-13-7-9-17-47-41)21-31(35)33(37)19-27-15-16-28(30-12-6-5-11-29(27)30)20-34-32-22-44(42-14-8-10-18-48-42)50-26-36(32)40-24-38(34)46(40,3)4/h5-18,21-22,25-26,33-34,37-40H,19-20,23-24H2,1-4H3/t33-,34-,37-,38-,39+,40+/m1/s1. The van der Waals surface area contributed by atoms with Gasteiger partial charge in [-0.2, -0.15) is 0 Å². The lowest BCUT2D eigenvalue weighted by Gasteiger charge is -2.60. The van der Waals surface area contributed by atoms with Gasteiger partial charge in [0.15, 0.2) is 0 Å². The third kappa shape index (κ3) is 4.36. The van der Waals surface area contributed by atoms with Crippen LogP contribution in [0.25, 0.3) is 33.5 Å². The third-order valence-corrected chi connectivity index (χ3v) is 14.0. The van der Waals surface area contributed by atoms with Crippen molar-refractivity contribution in [3.8, 4) is 22.8 Å². The van der Waals surface area contributed by atoms with Crippen molar-refractivity contribution in [2.75, 3.05) is 0 Å². The van der Waals surface area contributed by atoms with Crippen LogP contribution in [-0.2, 0) is 12.8 Å². The van der Waals surface area contributed by atoms with E-state index in [-0.39, 0.29) is 10.8 Å². The highest BCUT2D eigenvalue weighted by Gasteiger charge is 2.58. The van der Waals surface area contributed by atoms with E-state index in [1.807, 2.05) is 24.5 Å². The van der Waals surface area contributed by atoms with E-state index in [0.717, 1.165) is 35.6 Å². The Morgan fingerprint density at radius 1 is 0.500 bits per heavy atom. The Kier molecular flexibility index (Phi) is 6.57. The Labute approximate surface area is 295 Å². The predicted molar refractivity (Wildman–Crippen MR) is 201 cm³/mol. The summed E-state index contributed by atoms with van der Waals surface area (Å²) in [5.74, 6) is 3.41. The molecule has 50 heavy (non-hydrogen) atoms. The molecule has 4 nitrogen and oxygen atoms in total. The normalized spacial score (nSPS) is 26.3. The van der Waals surface area contributed by atoms with Gasteiger partial charge in [0.1, 0.15) is 0 Å². The van der Waals surface area contributed by atoms with Crippen molar-refractivity contribution in [3.05, 3.63) is 143 Å². The third-order valence-electron chi connectivity index (χ3n) is 14.0. The second-order valence-electron chi connectivity index (χ2n) is 16.8. The second-order valence-corrected chi connectivity index (χ2v) is 16.8. The minimum absolute atomic E-state index is 0.284. The molecule has 0 N–H and O–H groups in total. The molecule has 0 unspecified atom stereocenters. The first-order valence-electron chi connectivity index (χ1n) is 18.6. The molecular formula is C46H44N4. The number of hydrogen-bond acceptors (Lipinski definition) is 4. The highest BCUT2D eigenvalue weighted by molar-refractivity contribution is 5.89. The van der Waals surface area contributed by atoms with Crippen LogP contribution in [0.15, 0.2) is 110 Å².